The second-order valence-corrected chi connectivity index (χ2v) is 6.35. The number of nitrogens with one attached hydrogen (secondary N) is 1. The Hall–Kier alpha value is -1.31. The Morgan fingerprint density at radius 1 is 1.47 bits per heavy atom. The van der Waals surface area contributed by atoms with Crippen molar-refractivity contribution in [3.63, 3.8) is 0 Å². The molecule has 2 aromatic rings. The van der Waals surface area contributed by atoms with Crippen LogP contribution in [0.5, 0.6) is 0 Å². The van der Waals surface area contributed by atoms with Crippen molar-refractivity contribution >= 4 is 28.6 Å². The fraction of sp³-hybridized carbons (Fsp3) is 0.417. The molecule has 0 saturated heterocycles. The summed E-state index contributed by atoms with van der Waals surface area (Å²) in [6, 6.07) is 0. The fourth-order valence-electron chi connectivity index (χ4n) is 1.55. The van der Waals surface area contributed by atoms with Crippen molar-refractivity contribution < 1.29 is 4.79 Å². The molecule has 0 aliphatic carbocycles. The average Bonchev–Trinajstić information content (AvgIpc) is 2.97. The zero-order chi connectivity index (χ0) is 13.7. The largest absolute Gasteiger partial charge is 0.349 e. The first-order valence-electron chi connectivity index (χ1n) is 5.98. The molecule has 2 rings (SSSR count). The van der Waals surface area contributed by atoms with Crippen molar-refractivity contribution in [2.45, 2.75) is 26.3 Å². The molecule has 0 aliphatic heterocycles. The van der Waals surface area contributed by atoms with Crippen LogP contribution in [0.25, 0.3) is 0 Å². The van der Waals surface area contributed by atoms with Crippen LogP contribution < -0.4 is 11.1 Å². The standard InChI is InChI=1S/C12H16N4OS2/c1-8-5-15-12(19-8)6-14-10(17)4-9-7-18-11(16-9)2-3-13/h5,7H,2-4,6,13H2,1H3,(H,14,17). The minimum Gasteiger partial charge on any atom is -0.349 e. The number of rotatable bonds is 6. The van der Waals surface area contributed by atoms with E-state index in [-0.39, 0.29) is 5.91 Å². The summed E-state index contributed by atoms with van der Waals surface area (Å²) in [5.41, 5.74) is 6.27. The molecule has 0 aromatic carbocycles. The van der Waals surface area contributed by atoms with Crippen LogP contribution in [0.1, 0.15) is 20.6 Å². The average molecular weight is 296 g/mol. The first-order chi connectivity index (χ1) is 9.17. The van der Waals surface area contributed by atoms with E-state index in [2.05, 4.69) is 15.3 Å². The molecule has 0 spiro atoms. The van der Waals surface area contributed by atoms with E-state index in [4.69, 9.17) is 5.73 Å². The zero-order valence-corrected chi connectivity index (χ0v) is 12.3. The molecule has 5 nitrogen and oxygen atoms in total. The van der Waals surface area contributed by atoms with E-state index in [1.54, 1.807) is 22.7 Å². The van der Waals surface area contributed by atoms with Crippen molar-refractivity contribution in [1.29, 1.82) is 0 Å². The summed E-state index contributed by atoms with van der Waals surface area (Å²) in [7, 11) is 0. The smallest absolute Gasteiger partial charge is 0.226 e. The maximum absolute atomic E-state index is 11.8. The highest BCUT2D eigenvalue weighted by atomic mass is 32.1. The molecule has 19 heavy (non-hydrogen) atoms. The molecule has 0 atom stereocenters. The van der Waals surface area contributed by atoms with Crippen molar-refractivity contribution in [2.24, 2.45) is 5.73 Å². The second-order valence-electron chi connectivity index (χ2n) is 4.09. The minimum absolute atomic E-state index is 0.0301. The Balaban J connectivity index is 1.80. The number of aryl methyl sites for hydroxylation is 1. The number of hydrogen-bond donors (Lipinski definition) is 2. The molecule has 0 aliphatic rings. The highest BCUT2D eigenvalue weighted by Gasteiger charge is 2.08. The maximum Gasteiger partial charge on any atom is 0.226 e. The highest BCUT2D eigenvalue weighted by Crippen LogP contribution is 2.12. The Bertz CT molecular complexity index is 549. The lowest BCUT2D eigenvalue weighted by Gasteiger charge is -2.00. The van der Waals surface area contributed by atoms with Gasteiger partial charge in [-0.15, -0.1) is 22.7 Å². The number of carbonyl (C=O) groups is 1. The molecule has 0 fully saturated rings. The van der Waals surface area contributed by atoms with Crippen LogP contribution >= 0.6 is 22.7 Å². The Morgan fingerprint density at radius 3 is 3.00 bits per heavy atom. The Morgan fingerprint density at radius 2 is 2.32 bits per heavy atom. The van der Waals surface area contributed by atoms with E-state index in [1.807, 2.05) is 18.5 Å². The summed E-state index contributed by atoms with van der Waals surface area (Å²) in [4.78, 5) is 21.5. The Labute approximate surface area is 119 Å². The van der Waals surface area contributed by atoms with Gasteiger partial charge in [-0.05, 0) is 13.5 Å². The molecule has 102 valence electrons. The van der Waals surface area contributed by atoms with Crippen molar-refractivity contribution in [2.75, 3.05) is 6.54 Å². The third kappa shape index (κ3) is 4.38. The second kappa shape index (κ2) is 6.74. The molecule has 3 N–H and O–H groups in total. The molecule has 1 amide bonds. The fourth-order valence-corrected chi connectivity index (χ4v) is 3.09. The van der Waals surface area contributed by atoms with Crippen LogP contribution in [-0.4, -0.2) is 22.4 Å². The van der Waals surface area contributed by atoms with Crippen molar-refractivity contribution in [1.82, 2.24) is 15.3 Å². The van der Waals surface area contributed by atoms with E-state index < -0.39 is 0 Å². The number of nitrogens with two attached hydrogens (primary N) is 1. The third-order valence-corrected chi connectivity index (χ3v) is 4.28. The molecule has 0 saturated carbocycles. The van der Waals surface area contributed by atoms with Crippen LogP contribution in [0.3, 0.4) is 0 Å². The molecular formula is C12H16N4OS2. The Kier molecular flexibility index (Phi) is 5.00. The number of nitrogens with zero attached hydrogens (tertiary/aromatic N) is 2. The third-order valence-electron chi connectivity index (χ3n) is 2.41. The summed E-state index contributed by atoms with van der Waals surface area (Å²) < 4.78 is 0. The van der Waals surface area contributed by atoms with Crippen LogP contribution in [0.2, 0.25) is 0 Å². The van der Waals surface area contributed by atoms with Gasteiger partial charge in [0.2, 0.25) is 5.91 Å². The predicted octanol–water partition coefficient (Wildman–Crippen LogP) is 1.27. The lowest BCUT2D eigenvalue weighted by molar-refractivity contribution is -0.120. The quantitative estimate of drug-likeness (QED) is 0.841. The summed E-state index contributed by atoms with van der Waals surface area (Å²) in [6.45, 7) is 3.07. The van der Waals surface area contributed by atoms with Gasteiger partial charge in [0, 0.05) is 22.9 Å². The van der Waals surface area contributed by atoms with Crippen molar-refractivity contribution in [3.8, 4) is 0 Å². The van der Waals surface area contributed by atoms with Crippen LogP contribution in [0.4, 0.5) is 0 Å². The number of thiazole rings is 2. The van der Waals surface area contributed by atoms with Gasteiger partial charge in [-0.2, -0.15) is 0 Å². The zero-order valence-electron chi connectivity index (χ0n) is 10.7. The number of amides is 1. The number of hydrogen-bond acceptors (Lipinski definition) is 6. The summed E-state index contributed by atoms with van der Waals surface area (Å²) in [5, 5.41) is 6.68. The van der Waals surface area contributed by atoms with Crippen molar-refractivity contribution in [3.05, 3.63) is 32.2 Å². The molecule has 0 unspecified atom stereocenters. The number of carbonyl (C=O) groups excluding carboxylic acids is 1. The van der Waals surface area contributed by atoms with E-state index >= 15 is 0 Å². The molecular weight excluding hydrogens is 280 g/mol. The van der Waals surface area contributed by atoms with Gasteiger partial charge in [0.1, 0.15) is 5.01 Å². The monoisotopic (exact) mass is 296 g/mol. The summed E-state index contributed by atoms with van der Waals surface area (Å²) >= 11 is 3.15. The topological polar surface area (TPSA) is 80.9 Å². The van der Waals surface area contributed by atoms with Crippen LogP contribution in [0, 0.1) is 6.92 Å². The van der Waals surface area contributed by atoms with Gasteiger partial charge in [-0.3, -0.25) is 4.79 Å². The minimum atomic E-state index is -0.0301. The van der Waals surface area contributed by atoms with Crippen LogP contribution in [0.15, 0.2) is 11.6 Å². The van der Waals surface area contributed by atoms with Crippen LogP contribution in [-0.2, 0) is 24.2 Å². The highest BCUT2D eigenvalue weighted by molar-refractivity contribution is 7.11. The van der Waals surface area contributed by atoms with Gasteiger partial charge in [-0.25, -0.2) is 9.97 Å². The van der Waals surface area contributed by atoms with E-state index in [0.29, 0.717) is 19.5 Å². The first kappa shape index (κ1) is 14.1. The molecule has 2 aromatic heterocycles. The van der Waals surface area contributed by atoms with Gasteiger partial charge < -0.3 is 11.1 Å². The van der Waals surface area contributed by atoms with Gasteiger partial charge in [0.25, 0.3) is 0 Å². The van der Waals surface area contributed by atoms with E-state index in [9.17, 15) is 4.79 Å². The SMILES string of the molecule is Cc1cnc(CNC(=O)Cc2csc(CCN)n2)s1. The first-order valence-corrected chi connectivity index (χ1v) is 7.68. The van der Waals surface area contributed by atoms with Gasteiger partial charge in [0.15, 0.2) is 0 Å². The van der Waals surface area contributed by atoms with Gasteiger partial charge in [0.05, 0.1) is 23.7 Å². The molecule has 0 bridgehead atoms. The predicted molar refractivity (Wildman–Crippen MR) is 77.3 cm³/mol. The lowest BCUT2D eigenvalue weighted by atomic mass is 10.3. The molecule has 2 heterocycles. The normalized spacial score (nSPS) is 10.6. The van der Waals surface area contributed by atoms with Gasteiger partial charge >= 0.3 is 0 Å². The lowest BCUT2D eigenvalue weighted by Crippen LogP contribution is -2.24. The summed E-state index contributed by atoms with van der Waals surface area (Å²) in [5.74, 6) is -0.0301. The van der Waals surface area contributed by atoms with Gasteiger partial charge in [-0.1, -0.05) is 0 Å². The van der Waals surface area contributed by atoms with E-state index in [1.165, 1.54) is 0 Å². The molecule has 0 radical (unpaired) electrons. The molecule has 7 heteroatoms. The summed E-state index contributed by atoms with van der Waals surface area (Å²) in [6.07, 6.45) is 2.89. The van der Waals surface area contributed by atoms with E-state index in [0.717, 1.165) is 27.0 Å². The maximum atomic E-state index is 11.8. The number of aromatic nitrogens is 2.